The Morgan fingerprint density at radius 2 is 1.97 bits per heavy atom. The lowest BCUT2D eigenvalue weighted by Gasteiger charge is -2.14. The molecule has 0 bridgehead atoms. The number of halogens is 2. The van der Waals surface area contributed by atoms with Crippen molar-refractivity contribution in [1.29, 1.82) is 0 Å². The molecule has 0 aliphatic carbocycles. The van der Waals surface area contributed by atoms with Crippen molar-refractivity contribution in [3.8, 4) is 5.75 Å². The van der Waals surface area contributed by atoms with Crippen LogP contribution in [0.5, 0.6) is 5.75 Å². The summed E-state index contributed by atoms with van der Waals surface area (Å²) in [4.78, 5) is 29.2. The molecule has 1 aromatic heterocycles. The smallest absolute Gasteiger partial charge is 0.311 e. The zero-order valence-corrected chi connectivity index (χ0v) is 21.1. The van der Waals surface area contributed by atoms with E-state index in [9.17, 15) is 19.3 Å². The Labute approximate surface area is 214 Å². The maximum Gasteiger partial charge on any atom is 0.311 e. The maximum atomic E-state index is 13.4. The lowest BCUT2D eigenvalue weighted by molar-refractivity contribution is -0.385. The van der Waals surface area contributed by atoms with Gasteiger partial charge in [0.1, 0.15) is 18.2 Å². The van der Waals surface area contributed by atoms with E-state index in [1.165, 1.54) is 47.3 Å². The van der Waals surface area contributed by atoms with E-state index in [-0.39, 0.29) is 29.5 Å². The molecular weight excluding hydrogens is 531 g/mol. The quantitative estimate of drug-likeness (QED) is 0.147. The third-order valence-corrected chi connectivity index (χ3v) is 6.21. The summed E-state index contributed by atoms with van der Waals surface area (Å²) in [7, 11) is 0. The van der Waals surface area contributed by atoms with E-state index in [0.29, 0.717) is 27.9 Å². The van der Waals surface area contributed by atoms with Crippen molar-refractivity contribution in [3.05, 3.63) is 108 Å². The van der Waals surface area contributed by atoms with Gasteiger partial charge in [-0.25, -0.2) is 9.37 Å². The van der Waals surface area contributed by atoms with E-state index < -0.39 is 10.7 Å². The van der Waals surface area contributed by atoms with Gasteiger partial charge in [0.15, 0.2) is 0 Å². The van der Waals surface area contributed by atoms with Gasteiger partial charge in [0.2, 0.25) is 5.75 Å². The molecule has 0 amide bonds. The number of ether oxygens (including phenoxy) is 1. The van der Waals surface area contributed by atoms with Crippen molar-refractivity contribution in [3.63, 3.8) is 0 Å². The summed E-state index contributed by atoms with van der Waals surface area (Å²) in [6, 6.07) is 15.4. The number of nitro groups is 1. The predicted octanol–water partition coefficient (Wildman–Crippen LogP) is 6.18. The van der Waals surface area contributed by atoms with Crippen LogP contribution >= 0.6 is 15.9 Å². The summed E-state index contributed by atoms with van der Waals surface area (Å²) >= 11 is 3.38. The van der Waals surface area contributed by atoms with Gasteiger partial charge in [0, 0.05) is 22.0 Å². The number of para-hydroxylation sites is 1. The molecule has 184 valence electrons. The van der Waals surface area contributed by atoms with E-state index in [4.69, 9.17) is 4.74 Å². The fraction of sp³-hybridized carbons (Fsp3) is 0.192. The molecule has 4 aromatic rings. The molecule has 36 heavy (non-hydrogen) atoms. The summed E-state index contributed by atoms with van der Waals surface area (Å²) in [6.45, 7) is 3.91. The van der Waals surface area contributed by atoms with Crippen LogP contribution in [-0.2, 0) is 6.61 Å². The molecule has 0 spiro atoms. The molecule has 0 fully saturated rings. The van der Waals surface area contributed by atoms with E-state index in [0.717, 1.165) is 10.9 Å². The fourth-order valence-electron chi connectivity index (χ4n) is 3.58. The minimum Gasteiger partial charge on any atom is -0.481 e. The monoisotopic (exact) mass is 552 g/mol. The first-order valence-corrected chi connectivity index (χ1v) is 12.0. The van der Waals surface area contributed by atoms with Gasteiger partial charge < -0.3 is 4.74 Å². The molecule has 1 heterocycles. The van der Waals surface area contributed by atoms with Gasteiger partial charge in [-0.05, 0) is 48.4 Å². The van der Waals surface area contributed by atoms with E-state index in [1.54, 1.807) is 18.2 Å². The van der Waals surface area contributed by atoms with Crippen LogP contribution in [0.15, 0.2) is 75.0 Å². The highest BCUT2D eigenvalue weighted by Gasteiger charge is 2.20. The van der Waals surface area contributed by atoms with Gasteiger partial charge >= 0.3 is 5.69 Å². The molecule has 0 saturated carbocycles. The summed E-state index contributed by atoms with van der Waals surface area (Å²) in [6.07, 6.45) is 2.08. The molecule has 0 saturated heterocycles. The lowest BCUT2D eigenvalue weighted by atomic mass is 10.1. The Morgan fingerprint density at radius 3 is 2.67 bits per heavy atom. The second-order valence-corrected chi connectivity index (χ2v) is 9.09. The summed E-state index contributed by atoms with van der Waals surface area (Å²) in [5.41, 5.74) is 0.895. The minimum absolute atomic E-state index is 0.00907. The standard InChI is InChI=1S/C26H22BrFN4O4/c1-3-16(2)25-30-22-12-9-19(27)13-21(22)26(33)31(25)29-14-18-5-4-6-23(32(34)35)24(18)36-15-17-7-10-20(28)11-8-17/h4-14,16H,3,15H2,1-2H3/t16-/m0/s1. The molecule has 4 rings (SSSR count). The average molecular weight is 553 g/mol. The molecule has 0 radical (unpaired) electrons. The summed E-state index contributed by atoms with van der Waals surface area (Å²) in [5.74, 6) is 0.0102. The number of nitro benzene ring substituents is 1. The fourth-order valence-corrected chi connectivity index (χ4v) is 3.94. The van der Waals surface area contributed by atoms with Crippen molar-refractivity contribution in [2.45, 2.75) is 32.8 Å². The second kappa shape index (κ2) is 10.8. The zero-order chi connectivity index (χ0) is 25.8. The number of rotatable bonds is 8. The number of aromatic nitrogens is 2. The summed E-state index contributed by atoms with van der Waals surface area (Å²) in [5, 5.41) is 16.5. The normalized spacial score (nSPS) is 12.2. The topological polar surface area (TPSA) is 99.6 Å². The third kappa shape index (κ3) is 5.33. The Morgan fingerprint density at radius 1 is 1.22 bits per heavy atom. The van der Waals surface area contributed by atoms with Gasteiger partial charge in [-0.1, -0.05) is 48.0 Å². The third-order valence-electron chi connectivity index (χ3n) is 5.72. The van der Waals surface area contributed by atoms with Crippen molar-refractivity contribution in [1.82, 2.24) is 9.66 Å². The van der Waals surface area contributed by atoms with Crippen LogP contribution in [0.2, 0.25) is 0 Å². The predicted molar refractivity (Wildman–Crippen MR) is 139 cm³/mol. The number of fused-ring (bicyclic) bond motifs is 1. The van der Waals surface area contributed by atoms with Crippen LogP contribution in [-0.4, -0.2) is 20.8 Å². The van der Waals surface area contributed by atoms with Gasteiger partial charge in [0.25, 0.3) is 5.56 Å². The number of hydrogen-bond acceptors (Lipinski definition) is 6. The van der Waals surface area contributed by atoms with Crippen molar-refractivity contribution >= 4 is 38.7 Å². The van der Waals surface area contributed by atoms with Crippen molar-refractivity contribution in [2.75, 3.05) is 0 Å². The SMILES string of the molecule is CC[C@H](C)c1nc2ccc(Br)cc2c(=O)n1N=Cc1cccc([N+](=O)[O-])c1OCc1ccc(F)cc1. The highest BCUT2D eigenvalue weighted by molar-refractivity contribution is 9.10. The van der Waals surface area contributed by atoms with Crippen LogP contribution in [0.1, 0.15) is 43.1 Å². The Bertz CT molecular complexity index is 1520. The molecule has 0 aliphatic rings. The molecule has 0 unspecified atom stereocenters. The largest absolute Gasteiger partial charge is 0.481 e. The Kier molecular flexibility index (Phi) is 7.54. The van der Waals surface area contributed by atoms with Crippen LogP contribution in [0.3, 0.4) is 0 Å². The highest BCUT2D eigenvalue weighted by atomic mass is 79.9. The molecular formula is C26H22BrFN4O4. The number of benzene rings is 3. The lowest BCUT2D eigenvalue weighted by Crippen LogP contribution is -2.23. The molecule has 8 nitrogen and oxygen atoms in total. The first-order valence-electron chi connectivity index (χ1n) is 11.2. The molecule has 1 atom stereocenters. The second-order valence-electron chi connectivity index (χ2n) is 8.17. The Balaban J connectivity index is 1.79. The molecule has 0 N–H and O–H groups in total. The molecule has 0 aliphatic heterocycles. The van der Waals surface area contributed by atoms with Crippen molar-refractivity contribution in [2.24, 2.45) is 5.10 Å². The number of nitrogens with zero attached hydrogens (tertiary/aromatic N) is 4. The van der Waals surface area contributed by atoms with Crippen LogP contribution in [0, 0.1) is 15.9 Å². The highest BCUT2D eigenvalue weighted by Crippen LogP contribution is 2.31. The molecule has 3 aromatic carbocycles. The maximum absolute atomic E-state index is 13.4. The Hall–Kier alpha value is -3.92. The van der Waals surface area contributed by atoms with Gasteiger partial charge in [-0.15, -0.1) is 0 Å². The van der Waals surface area contributed by atoms with Crippen molar-refractivity contribution < 1.29 is 14.1 Å². The minimum atomic E-state index is -0.552. The van der Waals surface area contributed by atoms with Gasteiger partial charge in [-0.3, -0.25) is 14.9 Å². The van der Waals surface area contributed by atoms with Crippen LogP contribution in [0.25, 0.3) is 10.9 Å². The zero-order valence-electron chi connectivity index (χ0n) is 19.5. The molecule has 10 heteroatoms. The van der Waals surface area contributed by atoms with E-state index in [1.807, 2.05) is 19.9 Å². The van der Waals surface area contributed by atoms with Crippen LogP contribution in [0.4, 0.5) is 10.1 Å². The first-order chi connectivity index (χ1) is 17.3. The van der Waals surface area contributed by atoms with Crippen LogP contribution < -0.4 is 10.3 Å². The first kappa shape index (κ1) is 25.2. The average Bonchev–Trinajstić information content (AvgIpc) is 2.87. The summed E-state index contributed by atoms with van der Waals surface area (Å²) < 4.78 is 21.0. The number of hydrogen-bond donors (Lipinski definition) is 0. The van der Waals surface area contributed by atoms with Gasteiger partial charge in [0.05, 0.1) is 22.0 Å². The van der Waals surface area contributed by atoms with Gasteiger partial charge in [-0.2, -0.15) is 9.78 Å². The van der Waals surface area contributed by atoms with E-state index in [2.05, 4.69) is 26.0 Å². The van der Waals surface area contributed by atoms with E-state index >= 15 is 0 Å².